The fraction of sp³-hybridized carbons (Fsp3) is 0.676. The number of ketones is 1. The maximum absolute atomic E-state index is 13.9. The molecule has 0 radical (unpaired) electrons. The van der Waals surface area contributed by atoms with Crippen LogP contribution in [0.2, 0.25) is 0 Å². The normalized spacial score (nSPS) is 17.0. The lowest BCUT2D eigenvalue weighted by atomic mass is 9.84. The van der Waals surface area contributed by atoms with Gasteiger partial charge in [0.15, 0.2) is 0 Å². The third-order valence-corrected chi connectivity index (χ3v) is 8.83. The number of nitrogens with one attached hydrogen (secondary N) is 5. The Morgan fingerprint density at radius 3 is 1.96 bits per heavy atom. The smallest absolute Gasteiger partial charge is 0.325 e. The van der Waals surface area contributed by atoms with Gasteiger partial charge in [0.05, 0.1) is 12.2 Å². The Kier molecular flexibility index (Phi) is 16.8. The molecule has 1 aromatic heterocycles. The number of aromatic nitrogens is 2. The first-order valence-corrected chi connectivity index (χ1v) is 17.2. The first-order chi connectivity index (χ1) is 23.2. The van der Waals surface area contributed by atoms with Crippen molar-refractivity contribution in [1.82, 2.24) is 36.6 Å². The number of carboxylic acids is 1. The molecule has 2 rings (SSSR count). The molecule has 15 nitrogen and oxygen atoms in total. The summed E-state index contributed by atoms with van der Waals surface area (Å²) in [5.74, 6) is -6.11. The molecule has 6 N–H and O–H groups in total. The number of hydrogen-bond acceptors (Lipinski definition) is 9. The minimum absolute atomic E-state index is 0.0148. The van der Waals surface area contributed by atoms with E-state index in [1.807, 2.05) is 20.8 Å². The lowest BCUT2D eigenvalue weighted by Crippen LogP contribution is -2.60. The highest BCUT2D eigenvalue weighted by atomic mass is 16.4. The summed E-state index contributed by atoms with van der Waals surface area (Å²) in [7, 11) is 0. The summed E-state index contributed by atoms with van der Waals surface area (Å²) in [5.41, 5.74) is 0.0367. The minimum Gasteiger partial charge on any atom is -0.480 e. The van der Waals surface area contributed by atoms with Crippen molar-refractivity contribution >= 4 is 41.3 Å². The van der Waals surface area contributed by atoms with Crippen molar-refractivity contribution in [2.24, 2.45) is 17.8 Å². The van der Waals surface area contributed by atoms with Gasteiger partial charge in [-0.25, -0.2) is 4.98 Å². The van der Waals surface area contributed by atoms with E-state index >= 15 is 0 Å². The van der Waals surface area contributed by atoms with E-state index in [0.29, 0.717) is 6.42 Å². The molecule has 15 heteroatoms. The Morgan fingerprint density at radius 2 is 1.41 bits per heavy atom. The molecule has 1 heterocycles. The average molecular weight is 688 g/mol. The molecule has 1 aliphatic carbocycles. The van der Waals surface area contributed by atoms with Gasteiger partial charge in [0.2, 0.25) is 23.5 Å². The van der Waals surface area contributed by atoms with Gasteiger partial charge in [-0.05, 0) is 43.9 Å². The van der Waals surface area contributed by atoms with E-state index in [2.05, 4.69) is 36.6 Å². The van der Waals surface area contributed by atoms with Crippen molar-refractivity contribution in [2.45, 2.75) is 130 Å². The van der Waals surface area contributed by atoms with E-state index in [-0.39, 0.29) is 42.7 Å². The highest BCUT2D eigenvalue weighted by Crippen LogP contribution is 2.27. The number of aliphatic carboxylic acids is 1. The first kappa shape index (κ1) is 40.7. The summed E-state index contributed by atoms with van der Waals surface area (Å²) in [6, 6.07) is -5.68. The van der Waals surface area contributed by atoms with Crippen molar-refractivity contribution in [3.63, 3.8) is 0 Å². The highest BCUT2D eigenvalue weighted by Gasteiger charge is 2.35. The van der Waals surface area contributed by atoms with Crippen LogP contribution in [0.25, 0.3) is 0 Å². The van der Waals surface area contributed by atoms with Crippen LogP contribution in [0.15, 0.2) is 18.6 Å². The summed E-state index contributed by atoms with van der Waals surface area (Å²) in [4.78, 5) is 98.5. The van der Waals surface area contributed by atoms with Crippen molar-refractivity contribution < 1.29 is 38.7 Å². The van der Waals surface area contributed by atoms with Crippen molar-refractivity contribution in [3.8, 4) is 0 Å². The molecular formula is C34H53N7O8. The molecule has 1 saturated carbocycles. The minimum atomic E-state index is -1.32. The van der Waals surface area contributed by atoms with Gasteiger partial charge in [-0.1, -0.05) is 73.1 Å². The quantitative estimate of drug-likeness (QED) is 0.115. The lowest BCUT2D eigenvalue weighted by Gasteiger charge is -2.31. The van der Waals surface area contributed by atoms with Gasteiger partial charge in [-0.2, -0.15) is 0 Å². The predicted molar refractivity (Wildman–Crippen MR) is 180 cm³/mol. The van der Waals surface area contributed by atoms with E-state index in [0.717, 1.165) is 32.1 Å². The Hall–Kier alpha value is -4.43. The highest BCUT2D eigenvalue weighted by molar-refractivity contribution is 6.38. The van der Waals surface area contributed by atoms with Crippen LogP contribution in [0, 0.1) is 17.8 Å². The number of hydrogen-bond donors (Lipinski definition) is 6. The van der Waals surface area contributed by atoms with Crippen molar-refractivity contribution in [1.29, 1.82) is 0 Å². The second-order valence-electron chi connectivity index (χ2n) is 13.3. The molecule has 0 aromatic carbocycles. The lowest BCUT2D eigenvalue weighted by molar-refractivity contribution is -0.145. The van der Waals surface area contributed by atoms with Crippen LogP contribution >= 0.6 is 0 Å². The molecule has 0 bridgehead atoms. The molecule has 1 fully saturated rings. The third-order valence-electron chi connectivity index (χ3n) is 8.83. The SMILES string of the molecule is CC[C@H](NC(=O)[C@H](CC1CCCCC1)NC(=O)[C@@H](NC(=O)[C@H](CC(C)C)NC(=O)c1cnccn1)[C@@H](C)CC)C(=O)C(=O)N[C@@H](C)C(=O)O. The standard InChI is InChI=1S/C34H53N7O8/c1-7-20(5)27(41-30(44)24(16-19(3)4)39-31(45)26-18-35-14-15-36-26)32(46)40-25(17-22-12-10-9-11-13-22)29(43)38-23(8-2)28(42)33(47)37-21(6)34(48)49/h14-15,18-25,27H,7-13,16-17H2,1-6H3,(H,37,47)(H,38,43)(H,39,45)(H,40,46)(H,41,44)(H,48,49)/t20-,21-,23-,24-,25-,27-/m0/s1. The second kappa shape index (κ2) is 20.2. The van der Waals surface area contributed by atoms with E-state index in [1.54, 1.807) is 13.8 Å². The van der Waals surface area contributed by atoms with E-state index in [4.69, 9.17) is 5.11 Å². The van der Waals surface area contributed by atoms with E-state index in [1.165, 1.54) is 25.5 Å². The zero-order valence-corrected chi connectivity index (χ0v) is 29.4. The number of nitrogens with zero attached hydrogens (tertiary/aromatic N) is 2. The maximum atomic E-state index is 13.9. The number of rotatable bonds is 19. The van der Waals surface area contributed by atoms with Crippen molar-refractivity contribution in [2.75, 3.05) is 0 Å². The van der Waals surface area contributed by atoms with Gasteiger partial charge >= 0.3 is 5.97 Å². The van der Waals surface area contributed by atoms with E-state index < -0.39 is 71.5 Å². The Balaban J connectivity index is 2.28. The Labute approximate surface area is 287 Å². The fourth-order valence-electron chi connectivity index (χ4n) is 5.67. The molecule has 6 atom stereocenters. The zero-order valence-electron chi connectivity index (χ0n) is 29.4. The van der Waals surface area contributed by atoms with Crippen LogP contribution in [-0.4, -0.2) is 86.6 Å². The largest absolute Gasteiger partial charge is 0.480 e. The molecule has 1 aliphatic rings. The summed E-state index contributed by atoms with van der Waals surface area (Å²) in [6.45, 7) is 10.2. The van der Waals surface area contributed by atoms with Crippen LogP contribution in [0.4, 0.5) is 0 Å². The van der Waals surface area contributed by atoms with Gasteiger partial charge in [-0.15, -0.1) is 0 Å². The summed E-state index contributed by atoms with van der Waals surface area (Å²) < 4.78 is 0. The van der Waals surface area contributed by atoms with Gasteiger partial charge in [0.25, 0.3) is 11.8 Å². The molecule has 272 valence electrons. The summed E-state index contributed by atoms with van der Waals surface area (Å²) >= 11 is 0. The average Bonchev–Trinajstić information content (AvgIpc) is 3.08. The number of Topliss-reactive ketones (excluding diaryl/α,β-unsaturated/α-hetero) is 1. The molecule has 1 aromatic rings. The number of carbonyl (C=O) groups is 7. The van der Waals surface area contributed by atoms with Crippen LogP contribution < -0.4 is 26.6 Å². The first-order valence-electron chi connectivity index (χ1n) is 17.2. The molecule has 5 amide bonds. The number of amides is 5. The number of carboxylic acid groups (broad SMARTS) is 1. The van der Waals surface area contributed by atoms with Crippen molar-refractivity contribution in [3.05, 3.63) is 24.3 Å². The molecule has 0 spiro atoms. The van der Waals surface area contributed by atoms with Gasteiger partial charge in [-0.3, -0.25) is 38.5 Å². The van der Waals surface area contributed by atoms with E-state index in [9.17, 15) is 33.6 Å². The maximum Gasteiger partial charge on any atom is 0.325 e. The second-order valence-corrected chi connectivity index (χ2v) is 13.3. The Bertz CT molecular complexity index is 1300. The summed E-state index contributed by atoms with van der Waals surface area (Å²) in [6.07, 6.45) is 9.95. The molecule has 0 saturated heterocycles. The van der Waals surface area contributed by atoms with Gasteiger partial charge < -0.3 is 31.7 Å². The molecular weight excluding hydrogens is 634 g/mol. The predicted octanol–water partition coefficient (Wildman–Crippen LogP) is 1.66. The molecule has 49 heavy (non-hydrogen) atoms. The van der Waals surface area contributed by atoms with Crippen LogP contribution in [0.1, 0.15) is 110 Å². The number of carbonyl (C=O) groups excluding carboxylic acids is 6. The van der Waals surface area contributed by atoms with Gasteiger partial charge in [0, 0.05) is 12.4 Å². The third kappa shape index (κ3) is 13.2. The van der Waals surface area contributed by atoms with Gasteiger partial charge in [0.1, 0.15) is 29.9 Å². The topological polar surface area (TPSA) is 226 Å². The van der Waals surface area contributed by atoms with Crippen LogP contribution in [0.5, 0.6) is 0 Å². The fourth-order valence-corrected chi connectivity index (χ4v) is 5.67. The van der Waals surface area contributed by atoms with Crippen LogP contribution in [-0.2, 0) is 28.8 Å². The van der Waals surface area contributed by atoms with Crippen LogP contribution in [0.3, 0.4) is 0 Å². The Morgan fingerprint density at radius 1 is 0.776 bits per heavy atom. The molecule has 0 aliphatic heterocycles. The monoisotopic (exact) mass is 687 g/mol. The summed E-state index contributed by atoms with van der Waals surface area (Å²) in [5, 5.41) is 22.1. The molecule has 0 unspecified atom stereocenters. The zero-order chi connectivity index (χ0) is 36.7.